The number of para-hydroxylation sites is 1. The number of nitrogens with zero attached hydrogens (tertiary/aromatic N) is 2. The number of likely N-dealkylation sites (N-methyl/N-ethyl adjacent to an activating group) is 1. The molecule has 1 atom stereocenters. The molecule has 188 valence electrons. The van der Waals surface area contributed by atoms with Crippen LogP contribution in [-0.4, -0.2) is 69.4 Å². The number of amides is 2. The molecule has 0 radical (unpaired) electrons. The SMILES string of the molecule is CCN1C(=O)C2(C(=C([O-])c3ccc4c(c3)OCCO4)C(=O)C(=O)N2CCC[NH+](C)C)c2ccccc21. The smallest absolute Gasteiger partial charge is 0.296 e. The first kappa shape index (κ1) is 23.9. The highest BCUT2D eigenvalue weighted by Gasteiger charge is 2.65. The van der Waals surface area contributed by atoms with Crippen molar-refractivity contribution in [2.75, 3.05) is 51.8 Å². The Morgan fingerprint density at radius 2 is 1.78 bits per heavy atom. The van der Waals surface area contributed by atoms with E-state index in [9.17, 15) is 19.5 Å². The van der Waals surface area contributed by atoms with E-state index >= 15 is 0 Å². The number of fused-ring (bicyclic) bond motifs is 3. The highest BCUT2D eigenvalue weighted by atomic mass is 16.6. The fourth-order valence-corrected chi connectivity index (χ4v) is 5.39. The van der Waals surface area contributed by atoms with Crippen molar-refractivity contribution in [3.63, 3.8) is 0 Å². The van der Waals surface area contributed by atoms with Gasteiger partial charge in [0.1, 0.15) is 13.2 Å². The Morgan fingerprint density at radius 3 is 2.50 bits per heavy atom. The van der Waals surface area contributed by atoms with Gasteiger partial charge in [-0.2, -0.15) is 0 Å². The highest BCUT2D eigenvalue weighted by molar-refractivity contribution is 6.50. The number of anilines is 1. The molecule has 1 unspecified atom stereocenters. The van der Waals surface area contributed by atoms with Crippen molar-refractivity contribution in [3.05, 3.63) is 59.2 Å². The molecule has 5 rings (SSSR count). The number of nitrogens with one attached hydrogen (secondary N) is 1. The molecule has 1 saturated heterocycles. The number of Topliss-reactive ketones (excluding diaryl/α,β-unsaturated/α-hetero) is 1. The molecule has 9 heteroatoms. The third kappa shape index (κ3) is 3.37. The van der Waals surface area contributed by atoms with Gasteiger partial charge in [-0.3, -0.25) is 14.4 Å². The molecule has 2 aromatic rings. The van der Waals surface area contributed by atoms with Crippen LogP contribution in [0.15, 0.2) is 48.0 Å². The average Bonchev–Trinajstić information content (AvgIpc) is 3.26. The van der Waals surface area contributed by atoms with E-state index in [-0.39, 0.29) is 17.7 Å². The van der Waals surface area contributed by atoms with Crippen LogP contribution < -0.4 is 24.4 Å². The van der Waals surface area contributed by atoms with Gasteiger partial charge in [-0.15, -0.1) is 0 Å². The summed E-state index contributed by atoms with van der Waals surface area (Å²) in [5.74, 6) is -1.99. The van der Waals surface area contributed by atoms with Crippen LogP contribution in [0, 0.1) is 0 Å². The Labute approximate surface area is 209 Å². The standard InChI is InChI=1S/C27H29N3O6/c1-4-29-19-9-6-5-8-18(19)27(26(29)34)22(24(32)25(33)30(27)13-7-12-28(2)3)23(31)17-10-11-20-21(16-17)36-15-14-35-20/h5-6,8-11,16,31H,4,7,12-15H2,1-3H3. The molecule has 1 spiro atoms. The maximum absolute atomic E-state index is 14.2. The minimum absolute atomic E-state index is 0.162. The number of rotatable bonds is 6. The molecule has 0 aromatic heterocycles. The number of benzene rings is 2. The zero-order chi connectivity index (χ0) is 25.6. The Bertz CT molecular complexity index is 1290. The second-order valence-corrected chi connectivity index (χ2v) is 9.44. The molecule has 0 bridgehead atoms. The van der Waals surface area contributed by atoms with Gasteiger partial charge in [0.25, 0.3) is 11.8 Å². The van der Waals surface area contributed by atoms with E-state index < -0.39 is 28.9 Å². The van der Waals surface area contributed by atoms with Crippen molar-refractivity contribution < 1.29 is 33.9 Å². The van der Waals surface area contributed by atoms with Crippen molar-refractivity contribution in [1.82, 2.24) is 4.90 Å². The summed E-state index contributed by atoms with van der Waals surface area (Å²) in [4.78, 5) is 45.2. The lowest BCUT2D eigenvalue weighted by molar-refractivity contribution is -0.858. The minimum Gasteiger partial charge on any atom is -0.872 e. The second-order valence-electron chi connectivity index (χ2n) is 9.44. The number of hydrogen-bond acceptors (Lipinski definition) is 6. The molecule has 2 amide bonds. The zero-order valence-corrected chi connectivity index (χ0v) is 20.6. The minimum atomic E-state index is -1.80. The molecule has 0 saturated carbocycles. The molecule has 2 aromatic carbocycles. The van der Waals surface area contributed by atoms with E-state index in [1.807, 2.05) is 21.0 Å². The summed E-state index contributed by atoms with van der Waals surface area (Å²) in [5, 5.41) is 14.0. The van der Waals surface area contributed by atoms with Gasteiger partial charge in [-0.25, -0.2) is 0 Å². The van der Waals surface area contributed by atoms with Gasteiger partial charge in [0.15, 0.2) is 17.0 Å². The summed E-state index contributed by atoms with van der Waals surface area (Å²) in [5.41, 5.74) is -0.881. The van der Waals surface area contributed by atoms with Crippen molar-refractivity contribution in [2.24, 2.45) is 0 Å². The number of quaternary nitrogens is 1. The lowest BCUT2D eigenvalue weighted by Crippen LogP contribution is -3.05. The van der Waals surface area contributed by atoms with Crippen molar-refractivity contribution in [1.29, 1.82) is 0 Å². The van der Waals surface area contributed by atoms with Crippen LogP contribution in [0.25, 0.3) is 5.76 Å². The second kappa shape index (κ2) is 8.98. The van der Waals surface area contributed by atoms with Crippen molar-refractivity contribution >= 4 is 29.0 Å². The van der Waals surface area contributed by atoms with Crippen LogP contribution in [0.1, 0.15) is 24.5 Å². The lowest BCUT2D eigenvalue weighted by Gasteiger charge is -2.36. The molecule has 9 nitrogen and oxygen atoms in total. The summed E-state index contributed by atoms with van der Waals surface area (Å²) in [7, 11) is 3.98. The van der Waals surface area contributed by atoms with Crippen molar-refractivity contribution in [3.8, 4) is 11.5 Å². The van der Waals surface area contributed by atoms with Crippen LogP contribution >= 0.6 is 0 Å². The van der Waals surface area contributed by atoms with Gasteiger partial charge in [-0.1, -0.05) is 30.0 Å². The van der Waals surface area contributed by atoms with Crippen LogP contribution in [0.5, 0.6) is 11.5 Å². The van der Waals surface area contributed by atoms with Crippen LogP contribution in [0.2, 0.25) is 0 Å². The summed E-state index contributed by atoms with van der Waals surface area (Å²) in [6.45, 7) is 3.80. The number of carbonyl (C=O) groups is 3. The first-order valence-electron chi connectivity index (χ1n) is 12.2. The molecule has 1 fully saturated rings. The van der Waals surface area contributed by atoms with E-state index in [1.165, 1.54) is 21.9 Å². The Morgan fingerprint density at radius 1 is 1.06 bits per heavy atom. The van der Waals surface area contributed by atoms with Gasteiger partial charge in [0, 0.05) is 30.6 Å². The van der Waals surface area contributed by atoms with Gasteiger partial charge in [0.2, 0.25) is 5.78 Å². The summed E-state index contributed by atoms with van der Waals surface area (Å²) >= 11 is 0. The van der Waals surface area contributed by atoms with E-state index in [4.69, 9.17) is 9.47 Å². The molecule has 3 heterocycles. The first-order chi connectivity index (χ1) is 17.3. The van der Waals surface area contributed by atoms with E-state index in [1.54, 1.807) is 35.2 Å². The molecular formula is C27H29N3O6. The predicted octanol–water partition coefficient (Wildman–Crippen LogP) is -0.263. The Kier molecular flexibility index (Phi) is 5.96. The van der Waals surface area contributed by atoms with Crippen LogP contribution in [0.3, 0.4) is 0 Å². The van der Waals surface area contributed by atoms with Crippen LogP contribution in [-0.2, 0) is 19.9 Å². The highest BCUT2D eigenvalue weighted by Crippen LogP contribution is 2.53. The first-order valence-corrected chi connectivity index (χ1v) is 12.2. The fourth-order valence-electron chi connectivity index (χ4n) is 5.39. The predicted molar refractivity (Wildman–Crippen MR) is 130 cm³/mol. The lowest BCUT2D eigenvalue weighted by atomic mass is 9.81. The van der Waals surface area contributed by atoms with Gasteiger partial charge < -0.3 is 29.3 Å². The third-order valence-corrected chi connectivity index (χ3v) is 6.98. The zero-order valence-electron chi connectivity index (χ0n) is 20.6. The monoisotopic (exact) mass is 491 g/mol. The number of hydrogen-bond donors (Lipinski definition) is 1. The maximum Gasteiger partial charge on any atom is 0.296 e. The van der Waals surface area contributed by atoms with Gasteiger partial charge in [-0.05, 0) is 30.7 Å². The quantitative estimate of drug-likeness (QED) is 0.339. The molecule has 0 aliphatic carbocycles. The topological polar surface area (TPSA) is 104 Å². The number of ketones is 1. The summed E-state index contributed by atoms with van der Waals surface area (Å²) < 4.78 is 11.2. The third-order valence-electron chi connectivity index (χ3n) is 6.98. The van der Waals surface area contributed by atoms with Gasteiger partial charge >= 0.3 is 0 Å². The number of likely N-dealkylation sites (tertiary alicyclic amines) is 1. The van der Waals surface area contributed by atoms with Crippen molar-refractivity contribution in [2.45, 2.75) is 18.9 Å². The van der Waals surface area contributed by atoms with E-state index in [0.29, 0.717) is 48.9 Å². The Balaban J connectivity index is 1.74. The number of carbonyl (C=O) groups excluding carboxylic acids is 3. The van der Waals surface area contributed by atoms with Gasteiger partial charge in [0.05, 0.1) is 26.3 Å². The number of ether oxygens (including phenoxy) is 2. The summed E-state index contributed by atoms with van der Waals surface area (Å²) in [6.07, 6.45) is 0.566. The fraction of sp³-hybridized carbons (Fsp3) is 0.370. The maximum atomic E-state index is 14.2. The molecule has 3 aliphatic rings. The van der Waals surface area contributed by atoms with E-state index in [2.05, 4.69) is 0 Å². The largest absolute Gasteiger partial charge is 0.872 e. The summed E-state index contributed by atoms with van der Waals surface area (Å²) in [6, 6.07) is 11.7. The van der Waals surface area contributed by atoms with E-state index in [0.717, 1.165) is 6.54 Å². The molecule has 3 aliphatic heterocycles. The average molecular weight is 492 g/mol. The molecular weight excluding hydrogens is 462 g/mol. The normalized spacial score (nSPS) is 22.2. The molecule has 1 N–H and O–H groups in total. The molecule has 36 heavy (non-hydrogen) atoms. The Hall–Kier alpha value is -3.85. The van der Waals surface area contributed by atoms with Crippen LogP contribution in [0.4, 0.5) is 5.69 Å².